The Morgan fingerprint density at radius 3 is 2.78 bits per heavy atom. The first-order valence-corrected chi connectivity index (χ1v) is 9.24. The summed E-state index contributed by atoms with van der Waals surface area (Å²) in [6.45, 7) is 5.64. The van der Waals surface area contributed by atoms with Gasteiger partial charge in [-0.25, -0.2) is 19.7 Å². The second-order valence-electron chi connectivity index (χ2n) is 6.58. The van der Waals surface area contributed by atoms with Gasteiger partial charge >= 0.3 is 6.03 Å². The summed E-state index contributed by atoms with van der Waals surface area (Å²) in [5.74, 6) is 1.93. The lowest BCUT2D eigenvalue weighted by molar-refractivity contribution is 0.245. The first-order chi connectivity index (χ1) is 13.1. The molecule has 1 saturated heterocycles. The van der Waals surface area contributed by atoms with Gasteiger partial charge in [-0.15, -0.1) is 0 Å². The Bertz CT molecular complexity index is 790. The number of nitrogens with one attached hydrogen (secondary N) is 2. The predicted molar refractivity (Wildman–Crippen MR) is 104 cm³/mol. The van der Waals surface area contributed by atoms with E-state index in [4.69, 9.17) is 4.74 Å². The molecule has 0 unspecified atom stereocenters. The van der Waals surface area contributed by atoms with Gasteiger partial charge in [-0.2, -0.15) is 0 Å². The van der Waals surface area contributed by atoms with E-state index in [0.717, 1.165) is 49.6 Å². The molecule has 0 radical (unpaired) electrons. The number of aryl methyl sites for hydroxylation is 2. The first kappa shape index (κ1) is 18.9. The van der Waals surface area contributed by atoms with Crippen LogP contribution in [0.25, 0.3) is 0 Å². The van der Waals surface area contributed by atoms with Crippen LogP contribution in [0, 0.1) is 6.92 Å². The third-order valence-electron chi connectivity index (χ3n) is 4.67. The van der Waals surface area contributed by atoms with Crippen molar-refractivity contribution in [3.05, 3.63) is 35.9 Å². The number of ether oxygens (including phenoxy) is 1. The molecule has 0 atom stereocenters. The molecule has 2 N–H and O–H groups in total. The van der Waals surface area contributed by atoms with Gasteiger partial charge in [0.25, 0.3) is 0 Å². The largest absolute Gasteiger partial charge is 0.493 e. The lowest BCUT2D eigenvalue weighted by Crippen LogP contribution is -2.46. The fraction of sp³-hybridized carbons (Fsp3) is 0.474. The van der Waals surface area contributed by atoms with Crippen LogP contribution in [0.3, 0.4) is 0 Å². The zero-order valence-corrected chi connectivity index (χ0v) is 16.0. The van der Waals surface area contributed by atoms with Gasteiger partial charge in [0.2, 0.25) is 0 Å². The van der Waals surface area contributed by atoms with E-state index in [2.05, 4.69) is 37.4 Å². The van der Waals surface area contributed by atoms with E-state index in [0.29, 0.717) is 11.6 Å². The average Bonchev–Trinajstić information content (AvgIpc) is 2.69. The summed E-state index contributed by atoms with van der Waals surface area (Å²) in [7, 11) is 1.56. The van der Waals surface area contributed by atoms with Crippen LogP contribution in [0.15, 0.2) is 24.5 Å². The topological polar surface area (TPSA) is 92.3 Å². The number of nitrogens with zero attached hydrogens (tertiary/aromatic N) is 4. The van der Waals surface area contributed by atoms with Crippen LogP contribution in [0.1, 0.15) is 31.2 Å². The fourth-order valence-corrected chi connectivity index (χ4v) is 3.13. The Balaban J connectivity index is 1.53. The van der Waals surface area contributed by atoms with Crippen molar-refractivity contribution in [3.8, 4) is 5.75 Å². The van der Waals surface area contributed by atoms with Crippen LogP contribution >= 0.6 is 0 Å². The summed E-state index contributed by atoms with van der Waals surface area (Å²) in [5.41, 5.74) is 1.86. The number of carbonyl (C=O) groups excluding carboxylic acids is 1. The number of rotatable bonds is 5. The van der Waals surface area contributed by atoms with Crippen molar-refractivity contribution in [3.63, 3.8) is 0 Å². The van der Waals surface area contributed by atoms with Gasteiger partial charge in [-0.1, -0.05) is 6.92 Å². The van der Waals surface area contributed by atoms with Gasteiger partial charge in [0, 0.05) is 36.6 Å². The van der Waals surface area contributed by atoms with E-state index in [1.54, 1.807) is 19.5 Å². The molecule has 1 fully saturated rings. The number of anilines is 2. The highest BCUT2D eigenvalue weighted by atomic mass is 16.5. The highest BCUT2D eigenvalue weighted by Gasteiger charge is 2.22. The van der Waals surface area contributed by atoms with Crippen molar-refractivity contribution in [2.24, 2.45) is 0 Å². The highest BCUT2D eigenvalue weighted by Crippen LogP contribution is 2.22. The van der Waals surface area contributed by atoms with Crippen LogP contribution in [0.4, 0.5) is 16.4 Å². The molecule has 3 rings (SSSR count). The second kappa shape index (κ2) is 8.66. The normalized spacial score (nSPS) is 14.7. The van der Waals surface area contributed by atoms with Gasteiger partial charge < -0.3 is 15.0 Å². The lowest BCUT2D eigenvalue weighted by Gasteiger charge is -2.33. The summed E-state index contributed by atoms with van der Waals surface area (Å²) < 4.78 is 5.25. The van der Waals surface area contributed by atoms with Crippen LogP contribution in [0.5, 0.6) is 5.75 Å². The van der Waals surface area contributed by atoms with E-state index in [9.17, 15) is 4.79 Å². The zero-order valence-electron chi connectivity index (χ0n) is 16.0. The monoisotopic (exact) mass is 370 g/mol. The number of pyridine rings is 1. The summed E-state index contributed by atoms with van der Waals surface area (Å²) in [5, 5.41) is 5.81. The molecule has 0 saturated carbocycles. The molecule has 3 heterocycles. The molecule has 0 spiro atoms. The molecule has 0 aliphatic carbocycles. The molecule has 2 aromatic rings. The smallest absolute Gasteiger partial charge is 0.320 e. The van der Waals surface area contributed by atoms with Crippen LogP contribution in [0.2, 0.25) is 0 Å². The lowest BCUT2D eigenvalue weighted by atomic mass is 10.1. The van der Waals surface area contributed by atoms with Gasteiger partial charge in [0.05, 0.1) is 7.11 Å². The van der Waals surface area contributed by atoms with Crippen molar-refractivity contribution in [1.29, 1.82) is 0 Å². The maximum atomic E-state index is 12.3. The maximum absolute atomic E-state index is 12.3. The Kier molecular flexibility index (Phi) is 6.05. The molecular formula is C19H26N6O2. The Morgan fingerprint density at radius 1 is 1.30 bits per heavy atom. The third kappa shape index (κ3) is 4.84. The summed E-state index contributed by atoms with van der Waals surface area (Å²) in [6.07, 6.45) is 4.23. The van der Waals surface area contributed by atoms with E-state index in [1.165, 1.54) is 0 Å². The Morgan fingerprint density at radius 2 is 2.07 bits per heavy atom. The van der Waals surface area contributed by atoms with E-state index in [1.807, 2.05) is 19.1 Å². The number of carbonyl (C=O) groups is 1. The first-order valence-electron chi connectivity index (χ1n) is 9.24. The quantitative estimate of drug-likeness (QED) is 0.840. The van der Waals surface area contributed by atoms with Crippen LogP contribution < -0.4 is 20.3 Å². The van der Waals surface area contributed by atoms with E-state index in [-0.39, 0.29) is 12.1 Å². The number of amides is 2. The zero-order chi connectivity index (χ0) is 19.2. The number of urea groups is 1. The highest BCUT2D eigenvalue weighted by molar-refractivity contribution is 5.89. The van der Waals surface area contributed by atoms with Crippen LogP contribution in [-0.4, -0.2) is 47.2 Å². The van der Waals surface area contributed by atoms with Crippen molar-refractivity contribution in [2.45, 2.75) is 39.2 Å². The number of piperidine rings is 1. The van der Waals surface area contributed by atoms with Gasteiger partial charge in [-0.3, -0.25) is 5.32 Å². The number of hydrogen-bond acceptors (Lipinski definition) is 6. The van der Waals surface area contributed by atoms with Crippen molar-refractivity contribution >= 4 is 17.7 Å². The molecule has 0 bridgehead atoms. The molecule has 144 valence electrons. The summed E-state index contributed by atoms with van der Waals surface area (Å²) >= 11 is 0. The maximum Gasteiger partial charge on any atom is 0.320 e. The van der Waals surface area contributed by atoms with E-state index >= 15 is 0 Å². The van der Waals surface area contributed by atoms with Crippen LogP contribution in [-0.2, 0) is 6.42 Å². The standard InChI is InChI=1S/C19H26N6O2/c1-4-14-11-17(21-12-20-14)25-9-7-15(8-10-25)23-19(26)24-18-16(27-3)6-5-13(2)22-18/h5-6,11-12,15H,4,7-10H2,1-3H3,(H2,22,23,24,26). The second-order valence-corrected chi connectivity index (χ2v) is 6.58. The molecule has 8 nitrogen and oxygen atoms in total. The molecule has 2 amide bonds. The molecule has 1 aliphatic rings. The molecular weight excluding hydrogens is 344 g/mol. The van der Waals surface area contributed by atoms with E-state index < -0.39 is 0 Å². The molecule has 0 aromatic carbocycles. The number of hydrogen-bond donors (Lipinski definition) is 2. The average molecular weight is 370 g/mol. The number of aromatic nitrogens is 3. The summed E-state index contributed by atoms with van der Waals surface area (Å²) in [6, 6.07) is 5.53. The fourth-order valence-electron chi connectivity index (χ4n) is 3.13. The number of methoxy groups -OCH3 is 1. The molecule has 8 heteroatoms. The van der Waals surface area contributed by atoms with Crippen molar-refractivity contribution < 1.29 is 9.53 Å². The molecule has 1 aliphatic heterocycles. The third-order valence-corrected chi connectivity index (χ3v) is 4.67. The minimum atomic E-state index is -0.264. The van der Waals surface area contributed by atoms with Gasteiger partial charge in [-0.05, 0) is 38.3 Å². The molecule has 27 heavy (non-hydrogen) atoms. The molecule has 2 aromatic heterocycles. The Labute approximate surface area is 159 Å². The Hall–Kier alpha value is -2.90. The SMILES string of the molecule is CCc1cc(N2CCC(NC(=O)Nc3nc(C)ccc3OC)CC2)ncn1. The van der Waals surface area contributed by atoms with Crippen molar-refractivity contribution in [2.75, 3.05) is 30.4 Å². The van der Waals surface area contributed by atoms with Gasteiger partial charge in [0.1, 0.15) is 12.1 Å². The van der Waals surface area contributed by atoms with Gasteiger partial charge in [0.15, 0.2) is 11.6 Å². The predicted octanol–water partition coefficient (Wildman–Crippen LogP) is 2.54. The minimum absolute atomic E-state index is 0.115. The minimum Gasteiger partial charge on any atom is -0.493 e. The van der Waals surface area contributed by atoms with Crippen molar-refractivity contribution in [1.82, 2.24) is 20.3 Å². The summed E-state index contributed by atoms with van der Waals surface area (Å²) in [4.78, 5) is 27.5.